The summed E-state index contributed by atoms with van der Waals surface area (Å²) in [6.45, 7) is 1.20. The van der Waals surface area contributed by atoms with Crippen LogP contribution in [0.4, 0.5) is 16.2 Å². The lowest BCUT2D eigenvalue weighted by atomic mass is 10.1. The first-order valence-electron chi connectivity index (χ1n) is 9.00. The molecule has 2 aromatic rings. The highest BCUT2D eigenvalue weighted by molar-refractivity contribution is 8.18. The third kappa shape index (κ3) is 5.37. The van der Waals surface area contributed by atoms with Crippen LogP contribution in [0.1, 0.15) is 12.5 Å². The van der Waals surface area contributed by atoms with Gasteiger partial charge in [-0.1, -0.05) is 36.4 Å². The van der Waals surface area contributed by atoms with Crippen LogP contribution >= 0.6 is 11.8 Å². The second kappa shape index (κ2) is 9.26. The number of phenols is 1. The van der Waals surface area contributed by atoms with Crippen molar-refractivity contribution in [1.82, 2.24) is 4.90 Å². The third-order valence-electron chi connectivity index (χ3n) is 4.19. The molecule has 158 valence electrons. The van der Waals surface area contributed by atoms with Crippen molar-refractivity contribution in [3.05, 3.63) is 80.8 Å². The molecule has 0 saturated carbocycles. The molecule has 1 fully saturated rings. The van der Waals surface area contributed by atoms with E-state index in [1.165, 1.54) is 0 Å². The standard InChI is InChI=1S/C21H17N3O6S/c1-13(9-14-5-3-2-4-6-14)10-18-20(27)23(21(28)31-18)12-19(26)22-16-11-15(24(29)30)7-8-17(16)25/h2-11,25H,12H2,1H3,(H,22,26)/b13-9+,18-10-. The SMILES string of the molecule is CC(/C=C1\SC(=O)N(CC(=O)Nc2cc([N+](=O)[O-])ccc2O)C1=O)=C\c1ccccc1. The molecule has 0 unspecified atom stereocenters. The van der Waals surface area contributed by atoms with Crippen molar-refractivity contribution < 1.29 is 24.4 Å². The fourth-order valence-corrected chi connectivity index (χ4v) is 3.66. The first-order chi connectivity index (χ1) is 14.7. The monoisotopic (exact) mass is 439 g/mol. The number of nitro groups is 1. The molecule has 3 rings (SSSR count). The molecule has 2 aromatic carbocycles. The summed E-state index contributed by atoms with van der Waals surface area (Å²) in [6, 6.07) is 12.6. The number of hydrogen-bond donors (Lipinski definition) is 2. The van der Waals surface area contributed by atoms with E-state index in [2.05, 4.69) is 5.32 Å². The highest BCUT2D eigenvalue weighted by Crippen LogP contribution is 2.32. The number of phenolic OH excluding ortho intramolecular Hbond substituents is 1. The Balaban J connectivity index is 1.70. The zero-order valence-electron chi connectivity index (χ0n) is 16.3. The minimum absolute atomic E-state index is 0.181. The zero-order valence-corrected chi connectivity index (χ0v) is 17.1. The van der Waals surface area contributed by atoms with Crippen molar-refractivity contribution >= 4 is 46.3 Å². The molecule has 1 aliphatic rings. The molecule has 1 saturated heterocycles. The summed E-state index contributed by atoms with van der Waals surface area (Å²) in [5.74, 6) is -1.78. The minimum Gasteiger partial charge on any atom is -0.506 e. The molecule has 2 N–H and O–H groups in total. The summed E-state index contributed by atoms with van der Waals surface area (Å²) in [6.07, 6.45) is 3.42. The van der Waals surface area contributed by atoms with E-state index in [4.69, 9.17) is 0 Å². The number of rotatable bonds is 6. The van der Waals surface area contributed by atoms with Gasteiger partial charge in [0.05, 0.1) is 15.5 Å². The number of benzene rings is 2. The largest absolute Gasteiger partial charge is 0.506 e. The molecule has 1 heterocycles. The molecule has 0 bridgehead atoms. The number of carbonyl (C=O) groups excluding carboxylic acids is 3. The molecule has 0 aromatic heterocycles. The van der Waals surface area contributed by atoms with Crippen LogP contribution < -0.4 is 5.32 Å². The lowest BCUT2D eigenvalue weighted by Crippen LogP contribution is -2.36. The first-order valence-corrected chi connectivity index (χ1v) is 9.82. The number of aromatic hydroxyl groups is 1. The summed E-state index contributed by atoms with van der Waals surface area (Å²) in [7, 11) is 0. The molecule has 1 aliphatic heterocycles. The lowest BCUT2D eigenvalue weighted by Gasteiger charge is -2.13. The van der Waals surface area contributed by atoms with Crippen LogP contribution in [0.25, 0.3) is 6.08 Å². The van der Waals surface area contributed by atoms with Gasteiger partial charge in [-0.25, -0.2) is 0 Å². The van der Waals surface area contributed by atoms with E-state index >= 15 is 0 Å². The maximum absolute atomic E-state index is 12.6. The van der Waals surface area contributed by atoms with Gasteiger partial charge >= 0.3 is 0 Å². The molecule has 3 amide bonds. The molecular weight excluding hydrogens is 422 g/mol. The second-order valence-electron chi connectivity index (χ2n) is 6.57. The van der Waals surface area contributed by atoms with Crippen LogP contribution in [0.3, 0.4) is 0 Å². The molecule has 0 aliphatic carbocycles. The van der Waals surface area contributed by atoms with E-state index in [-0.39, 0.29) is 22.0 Å². The summed E-state index contributed by atoms with van der Waals surface area (Å²) in [5.41, 5.74) is 1.17. The smallest absolute Gasteiger partial charge is 0.294 e. The van der Waals surface area contributed by atoms with Gasteiger partial charge in [0, 0.05) is 12.1 Å². The molecule has 10 heteroatoms. The highest BCUT2D eigenvalue weighted by Gasteiger charge is 2.36. The van der Waals surface area contributed by atoms with Crippen molar-refractivity contribution in [2.75, 3.05) is 11.9 Å². The van der Waals surface area contributed by atoms with E-state index in [0.29, 0.717) is 0 Å². The summed E-state index contributed by atoms with van der Waals surface area (Å²) in [5, 5.41) is 22.3. The summed E-state index contributed by atoms with van der Waals surface area (Å²) >= 11 is 0.717. The number of amides is 3. The van der Waals surface area contributed by atoms with Gasteiger partial charge in [-0.15, -0.1) is 0 Å². The van der Waals surface area contributed by atoms with Crippen molar-refractivity contribution in [3.63, 3.8) is 0 Å². The molecular formula is C21H17N3O6S. The maximum Gasteiger partial charge on any atom is 0.294 e. The molecule has 0 radical (unpaired) electrons. The van der Waals surface area contributed by atoms with Crippen LogP contribution in [0.15, 0.2) is 65.1 Å². The van der Waals surface area contributed by atoms with Crippen LogP contribution in [0, 0.1) is 10.1 Å². The number of hydrogen-bond acceptors (Lipinski definition) is 7. The van der Waals surface area contributed by atoms with E-state index in [0.717, 1.165) is 46.0 Å². The Morgan fingerprint density at radius 2 is 1.94 bits per heavy atom. The number of anilines is 1. The average Bonchev–Trinajstić information content (AvgIpc) is 2.97. The van der Waals surface area contributed by atoms with Crippen molar-refractivity contribution in [2.45, 2.75) is 6.92 Å². The highest BCUT2D eigenvalue weighted by atomic mass is 32.2. The average molecular weight is 439 g/mol. The number of allylic oxidation sites excluding steroid dienone is 2. The molecule has 9 nitrogen and oxygen atoms in total. The Morgan fingerprint density at radius 3 is 2.61 bits per heavy atom. The summed E-state index contributed by atoms with van der Waals surface area (Å²) < 4.78 is 0. The summed E-state index contributed by atoms with van der Waals surface area (Å²) in [4.78, 5) is 48.2. The number of nitrogens with one attached hydrogen (secondary N) is 1. The topological polar surface area (TPSA) is 130 Å². The molecule has 0 atom stereocenters. The maximum atomic E-state index is 12.6. The zero-order chi connectivity index (χ0) is 22.5. The Kier molecular flexibility index (Phi) is 6.51. The van der Waals surface area contributed by atoms with Crippen molar-refractivity contribution in [2.24, 2.45) is 0 Å². The first kappa shape index (κ1) is 21.8. The normalized spacial score (nSPS) is 15.5. The van der Waals surface area contributed by atoms with Crippen LogP contribution in [0.5, 0.6) is 5.75 Å². The van der Waals surface area contributed by atoms with Crippen LogP contribution in [0.2, 0.25) is 0 Å². The van der Waals surface area contributed by atoms with Crippen LogP contribution in [-0.4, -0.2) is 38.5 Å². The number of nitro benzene ring substituents is 1. The third-order valence-corrected chi connectivity index (χ3v) is 5.10. The van der Waals surface area contributed by atoms with Crippen molar-refractivity contribution in [1.29, 1.82) is 0 Å². The Morgan fingerprint density at radius 1 is 1.23 bits per heavy atom. The number of thioether (sulfide) groups is 1. The van der Waals surface area contributed by atoms with E-state index in [1.807, 2.05) is 36.4 Å². The molecule has 31 heavy (non-hydrogen) atoms. The Labute approximate surface area is 181 Å². The van der Waals surface area contributed by atoms with Gasteiger partial charge in [-0.2, -0.15) is 0 Å². The van der Waals surface area contributed by atoms with Gasteiger partial charge in [0.15, 0.2) is 0 Å². The van der Waals surface area contributed by atoms with E-state index in [1.54, 1.807) is 13.0 Å². The number of carbonyl (C=O) groups is 3. The minimum atomic E-state index is -0.782. The van der Waals surface area contributed by atoms with Crippen LogP contribution in [-0.2, 0) is 9.59 Å². The fourth-order valence-electron chi connectivity index (χ4n) is 2.77. The molecule has 0 spiro atoms. The number of non-ortho nitro benzene ring substituents is 1. The fraction of sp³-hybridized carbons (Fsp3) is 0.0952. The predicted molar refractivity (Wildman–Crippen MR) is 116 cm³/mol. The Bertz CT molecular complexity index is 1130. The van der Waals surface area contributed by atoms with Gasteiger partial charge in [-0.05, 0) is 42.0 Å². The number of imide groups is 1. The van der Waals surface area contributed by atoms with Gasteiger partial charge in [0.1, 0.15) is 12.3 Å². The quantitative estimate of drug-likeness (QED) is 0.302. The van der Waals surface area contributed by atoms with Gasteiger partial charge in [-0.3, -0.25) is 29.4 Å². The van der Waals surface area contributed by atoms with Gasteiger partial charge in [0.25, 0.3) is 16.8 Å². The van der Waals surface area contributed by atoms with Gasteiger partial charge in [0.2, 0.25) is 5.91 Å². The predicted octanol–water partition coefficient (Wildman–Crippen LogP) is 3.92. The Hall–Kier alpha value is -3.92. The van der Waals surface area contributed by atoms with E-state index in [9.17, 15) is 29.6 Å². The second-order valence-corrected chi connectivity index (χ2v) is 7.57. The van der Waals surface area contributed by atoms with E-state index < -0.39 is 28.5 Å². The van der Waals surface area contributed by atoms with Crippen molar-refractivity contribution in [3.8, 4) is 5.75 Å². The number of nitrogens with zero attached hydrogens (tertiary/aromatic N) is 2. The van der Waals surface area contributed by atoms with Gasteiger partial charge < -0.3 is 10.4 Å². The lowest BCUT2D eigenvalue weighted by molar-refractivity contribution is -0.384.